The second kappa shape index (κ2) is 5.64. The first-order valence-corrected chi connectivity index (χ1v) is 8.03. The number of halogens is 1. The van der Waals surface area contributed by atoms with Crippen molar-refractivity contribution in [1.82, 2.24) is 14.2 Å². The van der Waals surface area contributed by atoms with Gasteiger partial charge in [0.2, 0.25) is 10.0 Å². The van der Waals surface area contributed by atoms with Crippen LogP contribution in [0.15, 0.2) is 27.8 Å². The van der Waals surface area contributed by atoms with E-state index < -0.39 is 10.0 Å². The number of nitrogens with zero attached hydrogens (tertiary/aromatic N) is 3. The molecule has 7 heteroatoms. The minimum absolute atomic E-state index is 0.251. The molecule has 0 saturated carbocycles. The van der Waals surface area contributed by atoms with Gasteiger partial charge in [-0.1, -0.05) is 0 Å². The van der Waals surface area contributed by atoms with Crippen LogP contribution in [0.3, 0.4) is 0 Å². The molecule has 1 aliphatic heterocycles. The molecule has 18 heavy (non-hydrogen) atoms. The monoisotopic (exact) mass is 333 g/mol. The van der Waals surface area contributed by atoms with Crippen LogP contribution in [0.4, 0.5) is 0 Å². The maximum Gasteiger partial charge on any atom is 0.244 e. The normalized spacial score (nSPS) is 19.7. The Kier molecular flexibility index (Phi) is 4.37. The largest absolute Gasteiger partial charge is 0.305 e. The molecule has 2 rings (SSSR count). The van der Waals surface area contributed by atoms with Crippen LogP contribution in [0.1, 0.15) is 6.42 Å². The molecule has 1 aromatic heterocycles. The summed E-state index contributed by atoms with van der Waals surface area (Å²) in [6, 6.07) is 1.59. The average Bonchev–Trinajstić information content (AvgIpc) is 2.54. The van der Waals surface area contributed by atoms with E-state index in [0.717, 1.165) is 19.5 Å². The van der Waals surface area contributed by atoms with Gasteiger partial charge in [0.25, 0.3) is 0 Å². The molecule has 1 saturated heterocycles. The zero-order chi connectivity index (χ0) is 13.2. The van der Waals surface area contributed by atoms with Gasteiger partial charge >= 0.3 is 0 Å². The molecule has 1 fully saturated rings. The fourth-order valence-corrected chi connectivity index (χ4v) is 3.92. The Morgan fingerprint density at radius 1 is 1.22 bits per heavy atom. The predicted octanol–water partition coefficient (Wildman–Crippen LogP) is 1.17. The first kappa shape index (κ1) is 13.9. The molecule has 2 heterocycles. The van der Waals surface area contributed by atoms with Gasteiger partial charge in [-0.2, -0.15) is 4.31 Å². The van der Waals surface area contributed by atoms with Crippen molar-refractivity contribution in [1.29, 1.82) is 0 Å². The fourth-order valence-electron chi connectivity index (χ4n) is 1.95. The van der Waals surface area contributed by atoms with Crippen molar-refractivity contribution in [2.75, 3.05) is 33.2 Å². The van der Waals surface area contributed by atoms with E-state index in [1.54, 1.807) is 16.6 Å². The van der Waals surface area contributed by atoms with E-state index in [0.29, 0.717) is 17.6 Å². The molecule has 1 aliphatic rings. The van der Waals surface area contributed by atoms with Gasteiger partial charge in [0.05, 0.1) is 0 Å². The second-order valence-corrected chi connectivity index (χ2v) is 7.25. The maximum absolute atomic E-state index is 12.4. The lowest BCUT2D eigenvalue weighted by Gasteiger charge is -2.20. The Morgan fingerprint density at radius 3 is 2.72 bits per heavy atom. The summed E-state index contributed by atoms with van der Waals surface area (Å²) in [6.07, 6.45) is 3.83. The Bertz CT molecular complexity index is 521. The molecule has 0 spiro atoms. The molecule has 0 radical (unpaired) electrons. The van der Waals surface area contributed by atoms with Crippen LogP contribution in [-0.4, -0.2) is 55.8 Å². The SMILES string of the molecule is CN1CCCN(S(=O)(=O)c2cncc(Br)c2)CC1. The summed E-state index contributed by atoms with van der Waals surface area (Å²) in [5.41, 5.74) is 0. The first-order valence-electron chi connectivity index (χ1n) is 5.79. The van der Waals surface area contributed by atoms with Crippen molar-refractivity contribution in [2.45, 2.75) is 11.3 Å². The molecule has 0 atom stereocenters. The van der Waals surface area contributed by atoms with E-state index >= 15 is 0 Å². The third-order valence-corrected chi connectivity index (χ3v) is 5.29. The number of rotatable bonds is 2. The van der Waals surface area contributed by atoms with Crippen LogP contribution < -0.4 is 0 Å². The van der Waals surface area contributed by atoms with Gasteiger partial charge in [0.1, 0.15) is 4.90 Å². The van der Waals surface area contributed by atoms with Crippen molar-refractivity contribution in [3.63, 3.8) is 0 Å². The van der Waals surface area contributed by atoms with Gasteiger partial charge in [-0.15, -0.1) is 0 Å². The number of hydrogen-bond acceptors (Lipinski definition) is 4. The lowest BCUT2D eigenvalue weighted by atomic mass is 10.4. The lowest BCUT2D eigenvalue weighted by Crippen LogP contribution is -2.34. The smallest absolute Gasteiger partial charge is 0.244 e. The first-order chi connectivity index (χ1) is 8.50. The highest BCUT2D eigenvalue weighted by atomic mass is 79.9. The lowest BCUT2D eigenvalue weighted by molar-refractivity contribution is 0.347. The molecule has 1 aromatic rings. The van der Waals surface area contributed by atoms with E-state index in [-0.39, 0.29) is 4.90 Å². The predicted molar refractivity (Wildman–Crippen MR) is 72.8 cm³/mol. The Labute approximate surface area is 116 Å². The molecular weight excluding hydrogens is 318 g/mol. The maximum atomic E-state index is 12.4. The van der Waals surface area contributed by atoms with Crippen LogP contribution in [-0.2, 0) is 10.0 Å². The summed E-state index contributed by atoms with van der Waals surface area (Å²) >= 11 is 3.25. The highest BCUT2D eigenvalue weighted by molar-refractivity contribution is 9.10. The average molecular weight is 334 g/mol. The molecular formula is C11H16BrN3O2S. The number of likely N-dealkylation sites (N-methyl/N-ethyl adjacent to an activating group) is 1. The topological polar surface area (TPSA) is 53.5 Å². The molecule has 0 aromatic carbocycles. The third kappa shape index (κ3) is 3.09. The summed E-state index contributed by atoms with van der Waals surface area (Å²) in [6.45, 7) is 2.80. The number of aromatic nitrogens is 1. The van der Waals surface area contributed by atoms with Crippen molar-refractivity contribution >= 4 is 26.0 Å². The van der Waals surface area contributed by atoms with Crippen LogP contribution in [0.25, 0.3) is 0 Å². The van der Waals surface area contributed by atoms with Crippen LogP contribution in [0.2, 0.25) is 0 Å². The number of pyridine rings is 1. The summed E-state index contributed by atoms with van der Waals surface area (Å²) in [5, 5.41) is 0. The quantitative estimate of drug-likeness (QED) is 0.815. The highest BCUT2D eigenvalue weighted by Crippen LogP contribution is 2.19. The Morgan fingerprint density at radius 2 is 2.00 bits per heavy atom. The van der Waals surface area contributed by atoms with Crippen molar-refractivity contribution in [2.24, 2.45) is 0 Å². The zero-order valence-electron chi connectivity index (χ0n) is 10.2. The van der Waals surface area contributed by atoms with E-state index in [1.165, 1.54) is 6.20 Å². The summed E-state index contributed by atoms with van der Waals surface area (Å²) in [5.74, 6) is 0. The van der Waals surface area contributed by atoms with Gasteiger partial charge in [-0.3, -0.25) is 4.98 Å². The van der Waals surface area contributed by atoms with Crippen molar-refractivity contribution in [3.8, 4) is 0 Å². The zero-order valence-corrected chi connectivity index (χ0v) is 12.6. The summed E-state index contributed by atoms with van der Waals surface area (Å²) in [7, 11) is -1.41. The molecule has 0 aliphatic carbocycles. The third-order valence-electron chi connectivity index (χ3n) is 3.00. The van der Waals surface area contributed by atoms with E-state index in [4.69, 9.17) is 0 Å². The summed E-state index contributed by atoms with van der Waals surface area (Å²) in [4.78, 5) is 6.32. The van der Waals surface area contributed by atoms with Crippen molar-refractivity contribution < 1.29 is 8.42 Å². The minimum Gasteiger partial charge on any atom is -0.305 e. The molecule has 5 nitrogen and oxygen atoms in total. The standard InChI is InChI=1S/C11H16BrN3O2S/c1-14-3-2-4-15(6-5-14)18(16,17)11-7-10(12)8-13-9-11/h7-9H,2-6H2,1H3. The van der Waals surface area contributed by atoms with E-state index in [9.17, 15) is 8.42 Å². The van der Waals surface area contributed by atoms with Crippen LogP contribution in [0, 0.1) is 0 Å². The van der Waals surface area contributed by atoms with Gasteiger partial charge in [-0.05, 0) is 42.0 Å². The Hall–Kier alpha value is -0.500. The second-order valence-electron chi connectivity index (χ2n) is 4.40. The van der Waals surface area contributed by atoms with Gasteiger partial charge in [-0.25, -0.2) is 8.42 Å². The molecule has 100 valence electrons. The fraction of sp³-hybridized carbons (Fsp3) is 0.545. The molecule has 0 unspecified atom stereocenters. The Balaban J connectivity index is 2.25. The minimum atomic E-state index is -3.42. The van der Waals surface area contributed by atoms with Gasteiger partial charge in [0.15, 0.2) is 0 Å². The number of sulfonamides is 1. The molecule has 0 bridgehead atoms. The van der Waals surface area contributed by atoms with Crippen LogP contribution >= 0.6 is 15.9 Å². The molecule has 0 amide bonds. The van der Waals surface area contributed by atoms with Crippen LogP contribution in [0.5, 0.6) is 0 Å². The highest BCUT2D eigenvalue weighted by Gasteiger charge is 2.26. The van der Waals surface area contributed by atoms with Crippen molar-refractivity contribution in [3.05, 3.63) is 22.9 Å². The van der Waals surface area contributed by atoms with Gasteiger partial charge < -0.3 is 4.90 Å². The van der Waals surface area contributed by atoms with Gasteiger partial charge in [0, 0.05) is 36.5 Å². The summed E-state index contributed by atoms with van der Waals surface area (Å²) < 4.78 is 27.1. The van der Waals surface area contributed by atoms with E-state index in [1.807, 2.05) is 7.05 Å². The number of hydrogen-bond donors (Lipinski definition) is 0. The molecule has 0 N–H and O–H groups in total. The van der Waals surface area contributed by atoms with E-state index in [2.05, 4.69) is 25.8 Å².